The molecule has 1 aromatic rings. The Balaban J connectivity index is 1.69. The molecule has 0 aliphatic carbocycles. The number of amides is 1. The van der Waals surface area contributed by atoms with Crippen LogP contribution in [0.5, 0.6) is 0 Å². The Bertz CT molecular complexity index is 583. The van der Waals surface area contributed by atoms with Gasteiger partial charge in [0, 0.05) is 39.3 Å². The first-order valence-electron chi connectivity index (χ1n) is 10.3. The van der Waals surface area contributed by atoms with Crippen molar-refractivity contribution in [2.45, 2.75) is 52.9 Å². The molecule has 8 nitrogen and oxygen atoms in total. The van der Waals surface area contributed by atoms with E-state index in [1.165, 1.54) is 6.26 Å². The lowest BCUT2D eigenvalue weighted by Gasteiger charge is -2.35. The Morgan fingerprint density at radius 2 is 1.93 bits per heavy atom. The first-order chi connectivity index (χ1) is 13.3. The maximum atomic E-state index is 12.1. The summed E-state index contributed by atoms with van der Waals surface area (Å²) in [7, 11) is 0. The van der Waals surface area contributed by atoms with E-state index >= 15 is 0 Å². The summed E-state index contributed by atoms with van der Waals surface area (Å²) in [5, 5.41) is 12.9. The third kappa shape index (κ3) is 8.26. The van der Waals surface area contributed by atoms with E-state index in [2.05, 4.69) is 33.9 Å². The van der Waals surface area contributed by atoms with Crippen LogP contribution in [0.25, 0.3) is 0 Å². The fraction of sp³-hybridized carbons (Fsp3) is 0.800. The Morgan fingerprint density at radius 3 is 2.57 bits per heavy atom. The normalized spacial score (nSPS) is 17.4. The van der Waals surface area contributed by atoms with Crippen molar-refractivity contribution >= 4 is 5.91 Å². The van der Waals surface area contributed by atoms with Crippen molar-refractivity contribution in [2.24, 2.45) is 5.92 Å². The average molecular weight is 397 g/mol. The highest BCUT2D eigenvalue weighted by molar-refractivity contribution is 5.91. The van der Waals surface area contributed by atoms with Crippen LogP contribution in [0.2, 0.25) is 0 Å². The number of β-amino-alcohol motifs (C(OH)–C–C–N with tert-alkyl or cyclic N) is 1. The molecule has 0 spiro atoms. The van der Waals surface area contributed by atoms with Gasteiger partial charge in [0.15, 0.2) is 5.69 Å². The summed E-state index contributed by atoms with van der Waals surface area (Å²) >= 11 is 0. The van der Waals surface area contributed by atoms with Crippen molar-refractivity contribution in [3.63, 3.8) is 0 Å². The van der Waals surface area contributed by atoms with E-state index in [0.29, 0.717) is 43.7 Å². The molecule has 2 heterocycles. The largest absolute Gasteiger partial charge is 0.447 e. The Morgan fingerprint density at radius 1 is 1.25 bits per heavy atom. The molecule has 160 valence electrons. The Labute approximate surface area is 168 Å². The van der Waals surface area contributed by atoms with Crippen LogP contribution < -0.4 is 5.32 Å². The lowest BCUT2D eigenvalue weighted by molar-refractivity contribution is -0.0151. The zero-order chi connectivity index (χ0) is 20.5. The van der Waals surface area contributed by atoms with Gasteiger partial charge in [-0.1, -0.05) is 13.8 Å². The molecule has 0 saturated carbocycles. The van der Waals surface area contributed by atoms with Crippen molar-refractivity contribution in [2.75, 3.05) is 45.9 Å². The summed E-state index contributed by atoms with van der Waals surface area (Å²) in [5.41, 5.74) is 0.339. The van der Waals surface area contributed by atoms with Crippen LogP contribution in [0.4, 0.5) is 0 Å². The number of carbonyl (C=O) groups is 1. The summed E-state index contributed by atoms with van der Waals surface area (Å²) in [6.07, 6.45) is 2.05. The molecule has 8 heteroatoms. The molecule has 1 fully saturated rings. The number of hydrogen-bond acceptors (Lipinski definition) is 7. The summed E-state index contributed by atoms with van der Waals surface area (Å²) < 4.78 is 10.9. The van der Waals surface area contributed by atoms with Crippen LogP contribution in [-0.2, 0) is 11.3 Å². The van der Waals surface area contributed by atoms with E-state index in [1.54, 1.807) is 0 Å². The average Bonchev–Trinajstić information content (AvgIpc) is 3.10. The van der Waals surface area contributed by atoms with Crippen LogP contribution >= 0.6 is 0 Å². The second kappa shape index (κ2) is 11.5. The molecule has 0 aromatic carbocycles. The van der Waals surface area contributed by atoms with Crippen LogP contribution in [0.1, 0.15) is 50.5 Å². The van der Waals surface area contributed by atoms with E-state index < -0.39 is 6.10 Å². The van der Waals surface area contributed by atoms with Gasteiger partial charge in [-0.05, 0) is 26.2 Å². The van der Waals surface area contributed by atoms with Gasteiger partial charge in [0.25, 0.3) is 5.91 Å². The summed E-state index contributed by atoms with van der Waals surface area (Å²) in [5.74, 6) is 0.932. The number of oxazole rings is 1. The van der Waals surface area contributed by atoms with Gasteiger partial charge in [-0.15, -0.1) is 0 Å². The maximum Gasteiger partial charge on any atom is 0.273 e. The van der Waals surface area contributed by atoms with Gasteiger partial charge in [-0.3, -0.25) is 14.6 Å². The van der Waals surface area contributed by atoms with Crippen molar-refractivity contribution in [1.29, 1.82) is 0 Å². The van der Waals surface area contributed by atoms with Gasteiger partial charge in [0.2, 0.25) is 5.89 Å². The van der Waals surface area contributed by atoms with Crippen LogP contribution in [0.15, 0.2) is 10.7 Å². The van der Waals surface area contributed by atoms with Crippen LogP contribution in [0, 0.1) is 5.92 Å². The summed E-state index contributed by atoms with van der Waals surface area (Å²) in [4.78, 5) is 20.9. The van der Waals surface area contributed by atoms with Crippen molar-refractivity contribution < 1.29 is 19.1 Å². The fourth-order valence-electron chi connectivity index (χ4n) is 3.03. The number of carbonyl (C=O) groups excluding carboxylic acids is 1. The predicted octanol–water partition coefficient (Wildman–Crippen LogP) is 1.35. The minimum atomic E-state index is -0.461. The van der Waals surface area contributed by atoms with Gasteiger partial charge < -0.3 is 19.6 Å². The number of nitrogens with zero attached hydrogens (tertiary/aromatic N) is 3. The first kappa shape index (κ1) is 22.8. The molecule has 1 saturated heterocycles. The molecule has 0 bridgehead atoms. The van der Waals surface area contributed by atoms with E-state index in [0.717, 1.165) is 32.6 Å². The number of nitrogens with one attached hydrogen (secondary N) is 1. The van der Waals surface area contributed by atoms with Gasteiger partial charge >= 0.3 is 0 Å². The Kier molecular flexibility index (Phi) is 9.37. The topological polar surface area (TPSA) is 91.1 Å². The molecule has 1 amide bonds. The van der Waals surface area contributed by atoms with Crippen molar-refractivity contribution in [3.05, 3.63) is 17.8 Å². The van der Waals surface area contributed by atoms with Gasteiger partial charge in [-0.2, -0.15) is 0 Å². The molecule has 1 aliphatic heterocycles. The lowest BCUT2D eigenvalue weighted by Crippen LogP contribution is -2.48. The fourth-order valence-corrected chi connectivity index (χ4v) is 3.03. The third-order valence-electron chi connectivity index (χ3n) is 4.71. The van der Waals surface area contributed by atoms with E-state index in [4.69, 9.17) is 9.15 Å². The summed E-state index contributed by atoms with van der Waals surface area (Å²) in [6, 6.07) is 0. The lowest BCUT2D eigenvalue weighted by atomic mass is 10.1. The zero-order valence-corrected chi connectivity index (χ0v) is 17.7. The predicted molar refractivity (Wildman–Crippen MR) is 107 cm³/mol. The van der Waals surface area contributed by atoms with Crippen molar-refractivity contribution in [3.8, 4) is 0 Å². The second-order valence-corrected chi connectivity index (χ2v) is 8.18. The number of aliphatic hydroxyl groups excluding tert-OH is 1. The van der Waals surface area contributed by atoms with Crippen molar-refractivity contribution in [1.82, 2.24) is 20.1 Å². The van der Waals surface area contributed by atoms with E-state index in [-0.39, 0.29) is 12.0 Å². The molecule has 0 unspecified atom stereocenters. The monoisotopic (exact) mass is 396 g/mol. The molecule has 2 N–H and O–H groups in total. The molecular weight excluding hydrogens is 360 g/mol. The molecule has 1 atom stereocenters. The maximum absolute atomic E-state index is 12.1. The number of ether oxygens (including phenoxy) is 1. The highest BCUT2D eigenvalue weighted by atomic mass is 16.5. The Hall–Kier alpha value is -1.48. The van der Waals surface area contributed by atoms with E-state index in [9.17, 15) is 9.90 Å². The summed E-state index contributed by atoms with van der Waals surface area (Å²) in [6.45, 7) is 13.9. The second-order valence-electron chi connectivity index (χ2n) is 8.18. The quantitative estimate of drug-likeness (QED) is 0.583. The molecular formula is C20H36N4O4. The molecule has 2 rings (SSSR count). The molecule has 28 heavy (non-hydrogen) atoms. The standard InChI is InChI=1S/C20H36N4O4/c1-15(2)5-6-21-20(26)18-14-28-19(22-18)12-24-9-7-23(8-10-24)11-17(25)13-27-16(3)4/h14-17,25H,5-13H2,1-4H3,(H,21,26)/t17-/m0/s1. The highest BCUT2D eigenvalue weighted by Gasteiger charge is 2.21. The first-order valence-corrected chi connectivity index (χ1v) is 10.3. The molecule has 1 aliphatic rings. The van der Waals surface area contributed by atoms with Gasteiger partial charge in [-0.25, -0.2) is 4.98 Å². The van der Waals surface area contributed by atoms with Crippen LogP contribution in [-0.4, -0.2) is 83.9 Å². The van der Waals surface area contributed by atoms with Crippen LogP contribution in [0.3, 0.4) is 0 Å². The zero-order valence-electron chi connectivity index (χ0n) is 17.7. The number of hydrogen-bond donors (Lipinski definition) is 2. The molecule has 0 radical (unpaired) electrons. The van der Waals surface area contributed by atoms with Gasteiger partial charge in [0.1, 0.15) is 6.26 Å². The van der Waals surface area contributed by atoms with E-state index in [1.807, 2.05) is 13.8 Å². The highest BCUT2D eigenvalue weighted by Crippen LogP contribution is 2.10. The number of piperazine rings is 1. The minimum Gasteiger partial charge on any atom is -0.447 e. The van der Waals surface area contributed by atoms with Gasteiger partial charge in [0.05, 0.1) is 25.4 Å². The number of rotatable bonds is 11. The smallest absolute Gasteiger partial charge is 0.273 e. The molecule has 1 aromatic heterocycles. The number of aliphatic hydroxyl groups is 1. The third-order valence-corrected chi connectivity index (χ3v) is 4.71. The minimum absolute atomic E-state index is 0.134. The number of aromatic nitrogens is 1. The SMILES string of the molecule is CC(C)CCNC(=O)c1coc(CN2CCN(C[C@H](O)COC(C)C)CC2)n1.